The van der Waals surface area contributed by atoms with Crippen molar-refractivity contribution in [1.82, 2.24) is 19.1 Å². The first-order valence-electron chi connectivity index (χ1n) is 11.2. The summed E-state index contributed by atoms with van der Waals surface area (Å²) < 4.78 is 3.08. The van der Waals surface area contributed by atoms with E-state index in [0.29, 0.717) is 41.9 Å². The van der Waals surface area contributed by atoms with Crippen molar-refractivity contribution in [3.63, 3.8) is 0 Å². The number of nitrogens with zero attached hydrogens (tertiary/aromatic N) is 3. The summed E-state index contributed by atoms with van der Waals surface area (Å²) in [6, 6.07) is 7.22. The molecule has 0 spiro atoms. The number of carboxylic acids is 1. The van der Waals surface area contributed by atoms with Gasteiger partial charge in [-0.25, -0.2) is 14.6 Å². The van der Waals surface area contributed by atoms with E-state index in [-0.39, 0.29) is 11.2 Å². The van der Waals surface area contributed by atoms with Crippen LogP contribution in [-0.2, 0) is 17.9 Å². The third-order valence-electron chi connectivity index (χ3n) is 6.79. The van der Waals surface area contributed by atoms with Crippen LogP contribution in [0.15, 0.2) is 39.9 Å². The fourth-order valence-corrected chi connectivity index (χ4v) is 4.42. The minimum atomic E-state index is -1.01. The second-order valence-electron chi connectivity index (χ2n) is 8.98. The quantitative estimate of drug-likeness (QED) is 0.555. The van der Waals surface area contributed by atoms with Crippen LogP contribution in [0, 0.1) is 11.8 Å². The van der Waals surface area contributed by atoms with Gasteiger partial charge in [-0.2, -0.15) is 0 Å². The Morgan fingerprint density at radius 3 is 2.22 bits per heavy atom. The van der Waals surface area contributed by atoms with Gasteiger partial charge < -0.3 is 10.1 Å². The number of fused-ring (bicyclic) bond motifs is 1. The van der Waals surface area contributed by atoms with Crippen LogP contribution in [0.5, 0.6) is 0 Å². The van der Waals surface area contributed by atoms with Gasteiger partial charge in [0.1, 0.15) is 11.3 Å². The molecule has 3 aromatic rings. The van der Waals surface area contributed by atoms with Crippen molar-refractivity contribution >= 4 is 23.2 Å². The molecular weight excluding hydrogens is 408 g/mol. The Labute approximate surface area is 184 Å². The molecule has 166 valence electrons. The number of hydrogen-bond donors (Lipinski definition) is 2. The molecule has 2 aliphatic rings. The van der Waals surface area contributed by atoms with Crippen LogP contribution in [0.3, 0.4) is 0 Å². The molecule has 0 amide bonds. The lowest BCUT2D eigenvalue weighted by molar-refractivity contribution is -0.131. The van der Waals surface area contributed by atoms with Crippen LogP contribution in [-0.4, -0.2) is 30.2 Å². The number of carbonyl (C=O) groups is 1. The highest BCUT2D eigenvalue weighted by molar-refractivity contribution is 5.85. The summed E-state index contributed by atoms with van der Waals surface area (Å²) >= 11 is 0. The lowest BCUT2D eigenvalue weighted by Crippen LogP contribution is -2.43. The fourth-order valence-electron chi connectivity index (χ4n) is 4.42. The first-order valence-corrected chi connectivity index (χ1v) is 11.2. The molecule has 2 N–H and O–H groups in total. The SMILES string of the molecule is O=C(O)/C=C/c1ccc(-c2nc3c([nH]2)c(=O)n(CC2CCC2)c(=O)n3CC2CCC2)cc1. The molecule has 8 heteroatoms. The van der Waals surface area contributed by atoms with Crippen molar-refractivity contribution in [2.24, 2.45) is 11.8 Å². The zero-order chi connectivity index (χ0) is 22.2. The average molecular weight is 434 g/mol. The highest BCUT2D eigenvalue weighted by atomic mass is 16.4. The van der Waals surface area contributed by atoms with Gasteiger partial charge in [-0.1, -0.05) is 37.1 Å². The first kappa shape index (κ1) is 20.5. The van der Waals surface area contributed by atoms with Gasteiger partial charge in [-0.05, 0) is 49.2 Å². The molecule has 2 saturated carbocycles. The van der Waals surface area contributed by atoms with E-state index in [1.807, 2.05) is 12.1 Å². The number of imidazole rings is 1. The van der Waals surface area contributed by atoms with Gasteiger partial charge >= 0.3 is 11.7 Å². The summed E-state index contributed by atoms with van der Waals surface area (Å²) in [5.41, 5.74) is 1.74. The molecule has 0 saturated heterocycles. The molecule has 5 rings (SSSR count). The van der Waals surface area contributed by atoms with Crippen LogP contribution in [0.2, 0.25) is 0 Å². The molecule has 0 bridgehead atoms. The number of aromatic amines is 1. The molecule has 1 aromatic carbocycles. The molecule has 0 radical (unpaired) electrons. The smallest absolute Gasteiger partial charge is 0.332 e. The number of aromatic nitrogens is 4. The Morgan fingerprint density at radius 1 is 1.03 bits per heavy atom. The van der Waals surface area contributed by atoms with Crippen LogP contribution >= 0.6 is 0 Å². The normalized spacial score (nSPS) is 17.0. The third-order valence-corrected chi connectivity index (χ3v) is 6.79. The van der Waals surface area contributed by atoms with Crippen LogP contribution in [0.1, 0.15) is 44.1 Å². The molecule has 2 fully saturated rings. The number of benzene rings is 1. The lowest BCUT2D eigenvalue weighted by Gasteiger charge is -2.28. The summed E-state index contributed by atoms with van der Waals surface area (Å²) in [4.78, 5) is 45.0. The summed E-state index contributed by atoms with van der Waals surface area (Å²) in [6.45, 7) is 1.06. The topological polar surface area (TPSA) is 110 Å². The van der Waals surface area contributed by atoms with Gasteiger partial charge in [0, 0.05) is 24.7 Å². The van der Waals surface area contributed by atoms with E-state index in [0.717, 1.165) is 49.3 Å². The second kappa shape index (κ2) is 8.26. The number of carboxylic acid groups (broad SMARTS) is 1. The highest BCUT2D eigenvalue weighted by Gasteiger charge is 2.26. The third kappa shape index (κ3) is 3.81. The maximum atomic E-state index is 13.3. The van der Waals surface area contributed by atoms with Crippen molar-refractivity contribution in [3.05, 3.63) is 56.7 Å². The Hall–Kier alpha value is -3.42. The zero-order valence-corrected chi connectivity index (χ0v) is 17.8. The summed E-state index contributed by atoms with van der Waals surface area (Å²) in [6.07, 6.45) is 9.24. The van der Waals surface area contributed by atoms with E-state index in [2.05, 4.69) is 9.97 Å². The van der Waals surface area contributed by atoms with Crippen molar-refractivity contribution in [2.75, 3.05) is 0 Å². The van der Waals surface area contributed by atoms with E-state index in [1.54, 1.807) is 16.7 Å². The van der Waals surface area contributed by atoms with E-state index in [9.17, 15) is 14.4 Å². The molecule has 0 atom stereocenters. The summed E-state index contributed by atoms with van der Waals surface area (Å²) in [5.74, 6) is 0.359. The number of aliphatic carboxylic acids is 1. The first-order chi connectivity index (χ1) is 15.5. The van der Waals surface area contributed by atoms with Crippen LogP contribution < -0.4 is 11.2 Å². The number of rotatable bonds is 7. The van der Waals surface area contributed by atoms with Gasteiger partial charge in [0.25, 0.3) is 5.56 Å². The molecule has 32 heavy (non-hydrogen) atoms. The van der Waals surface area contributed by atoms with Crippen molar-refractivity contribution < 1.29 is 9.90 Å². The minimum absolute atomic E-state index is 0.256. The molecule has 2 aliphatic carbocycles. The van der Waals surface area contributed by atoms with E-state index in [1.165, 1.54) is 17.1 Å². The van der Waals surface area contributed by atoms with Crippen molar-refractivity contribution in [2.45, 2.75) is 51.6 Å². The predicted molar refractivity (Wildman–Crippen MR) is 121 cm³/mol. The van der Waals surface area contributed by atoms with E-state index in [4.69, 9.17) is 5.11 Å². The molecule has 2 aromatic heterocycles. The molecular formula is C24H26N4O4. The summed E-state index contributed by atoms with van der Waals surface area (Å²) in [5, 5.41) is 8.78. The number of H-pyrrole nitrogens is 1. The maximum absolute atomic E-state index is 13.3. The minimum Gasteiger partial charge on any atom is -0.478 e. The van der Waals surface area contributed by atoms with E-state index >= 15 is 0 Å². The maximum Gasteiger partial charge on any atom is 0.332 e. The van der Waals surface area contributed by atoms with Crippen molar-refractivity contribution in [3.8, 4) is 11.4 Å². The van der Waals surface area contributed by atoms with Gasteiger partial charge in [-0.15, -0.1) is 0 Å². The molecule has 2 heterocycles. The standard InChI is InChI=1S/C24H26N4O4/c29-19(30)12-9-15-7-10-18(11-8-15)21-25-20-22(26-21)27(13-16-3-1-4-16)24(32)28(23(20)31)14-17-5-2-6-17/h7-12,16-17H,1-6,13-14H2,(H,25,26)(H,29,30)/b12-9+. The average Bonchev–Trinajstić information content (AvgIpc) is 3.15. The Bertz CT molecular complexity index is 1300. The monoisotopic (exact) mass is 434 g/mol. The number of nitrogens with one attached hydrogen (secondary N) is 1. The Balaban J connectivity index is 1.57. The molecule has 0 aliphatic heterocycles. The number of hydrogen-bond acceptors (Lipinski definition) is 4. The van der Waals surface area contributed by atoms with Crippen molar-refractivity contribution in [1.29, 1.82) is 0 Å². The Kier molecular flexibility index (Phi) is 5.28. The van der Waals surface area contributed by atoms with E-state index < -0.39 is 5.97 Å². The Morgan fingerprint density at radius 2 is 1.66 bits per heavy atom. The zero-order valence-electron chi connectivity index (χ0n) is 17.8. The predicted octanol–water partition coefficient (Wildman–Crippen LogP) is 3.25. The fraction of sp³-hybridized carbons (Fsp3) is 0.417. The van der Waals surface area contributed by atoms with Gasteiger partial charge in [0.15, 0.2) is 5.65 Å². The van der Waals surface area contributed by atoms with Gasteiger partial charge in [0.2, 0.25) is 0 Å². The largest absolute Gasteiger partial charge is 0.478 e. The molecule has 8 nitrogen and oxygen atoms in total. The summed E-state index contributed by atoms with van der Waals surface area (Å²) in [7, 11) is 0. The molecule has 0 unspecified atom stereocenters. The highest BCUT2D eigenvalue weighted by Crippen LogP contribution is 2.29. The van der Waals surface area contributed by atoms with Gasteiger partial charge in [0.05, 0.1) is 0 Å². The second-order valence-corrected chi connectivity index (χ2v) is 8.98. The van der Waals surface area contributed by atoms with Gasteiger partial charge in [-0.3, -0.25) is 13.9 Å². The van der Waals surface area contributed by atoms with Crippen LogP contribution in [0.4, 0.5) is 0 Å². The van der Waals surface area contributed by atoms with Crippen LogP contribution in [0.25, 0.3) is 28.6 Å². The lowest BCUT2D eigenvalue weighted by atomic mass is 9.85.